The standard InChI is InChI=1S/C7H9N/c1-6-4-3-5-8-7(6)2/h3-5H,1-2H3/i1D3,2D3,3D,4D,5D. The summed E-state index contributed by atoms with van der Waals surface area (Å²) in [6, 6.07) is -1.47. The van der Waals surface area contributed by atoms with E-state index in [-0.39, 0.29) is 0 Å². The molecule has 42 valence electrons. The SMILES string of the molecule is [2H]c1nc(C([2H])([2H])[2H])c(C([2H])([2H])[2H])c([2H])c1[2H]. The van der Waals surface area contributed by atoms with Crippen LogP contribution in [-0.4, -0.2) is 4.98 Å². The largest absolute Gasteiger partial charge is 0.261 e. The first-order valence-corrected chi connectivity index (χ1v) is 1.95. The lowest BCUT2D eigenvalue weighted by Gasteiger charge is -1.92. The summed E-state index contributed by atoms with van der Waals surface area (Å²) in [5.41, 5.74) is -1.58. The van der Waals surface area contributed by atoms with Gasteiger partial charge in [0.05, 0.1) is 4.11 Å². The molecule has 1 nitrogen and oxygen atoms in total. The molecule has 0 N–H and O–H groups in total. The molecule has 0 atom stereocenters. The number of hydrogen-bond donors (Lipinski definition) is 0. The van der Waals surface area contributed by atoms with Crippen molar-refractivity contribution in [2.75, 3.05) is 0 Å². The molecular weight excluding hydrogens is 98.1 g/mol. The summed E-state index contributed by atoms with van der Waals surface area (Å²) in [6.45, 7) is -5.68. The van der Waals surface area contributed by atoms with Crippen LogP contribution in [0.25, 0.3) is 0 Å². The molecule has 0 bridgehead atoms. The maximum atomic E-state index is 7.46. The van der Waals surface area contributed by atoms with Crippen molar-refractivity contribution in [3.8, 4) is 0 Å². The Morgan fingerprint density at radius 2 is 2.75 bits per heavy atom. The lowest BCUT2D eigenvalue weighted by molar-refractivity contribution is 1.15. The highest BCUT2D eigenvalue weighted by molar-refractivity contribution is 5.15. The monoisotopic (exact) mass is 116 g/mol. The molecule has 1 aromatic heterocycles. The van der Waals surface area contributed by atoms with Crippen molar-refractivity contribution < 1.29 is 12.3 Å². The van der Waals surface area contributed by atoms with E-state index in [1.54, 1.807) is 0 Å². The van der Waals surface area contributed by atoms with Crippen molar-refractivity contribution >= 4 is 0 Å². The average molecular weight is 116 g/mol. The third-order valence-corrected chi connectivity index (χ3v) is 0.648. The Bertz CT molecular complexity index is 444. The van der Waals surface area contributed by atoms with Gasteiger partial charge in [0, 0.05) is 20.1 Å². The van der Waals surface area contributed by atoms with E-state index in [2.05, 4.69) is 4.98 Å². The number of pyridine rings is 1. The van der Waals surface area contributed by atoms with Gasteiger partial charge < -0.3 is 0 Å². The Morgan fingerprint density at radius 3 is 3.50 bits per heavy atom. The van der Waals surface area contributed by atoms with Gasteiger partial charge in [0.25, 0.3) is 0 Å². The predicted molar refractivity (Wildman–Crippen MR) is 33.7 cm³/mol. The Hall–Kier alpha value is -0.850. The fraction of sp³-hybridized carbons (Fsp3) is 0.286. The minimum Gasteiger partial charge on any atom is -0.261 e. The number of aromatic nitrogens is 1. The van der Waals surface area contributed by atoms with E-state index in [4.69, 9.17) is 12.3 Å². The molecule has 0 saturated carbocycles. The zero-order valence-electron chi connectivity index (χ0n) is 12.9. The molecule has 1 rings (SSSR count). The Morgan fingerprint density at radius 1 is 1.75 bits per heavy atom. The summed E-state index contributed by atoms with van der Waals surface area (Å²) in [7, 11) is 0. The van der Waals surface area contributed by atoms with Crippen LogP contribution in [0.2, 0.25) is 0 Å². The first-order valence-electron chi connectivity index (χ1n) is 6.45. The first kappa shape index (κ1) is 1.04. The van der Waals surface area contributed by atoms with Gasteiger partial charge in [-0.3, -0.25) is 4.98 Å². The van der Waals surface area contributed by atoms with E-state index >= 15 is 0 Å². The smallest absolute Gasteiger partial charge is 0.0840 e. The molecule has 1 aromatic rings. The van der Waals surface area contributed by atoms with Crippen LogP contribution in [0.15, 0.2) is 18.3 Å². The maximum absolute atomic E-state index is 7.46. The zero-order chi connectivity index (χ0) is 13.6. The Balaban J connectivity index is 3.71. The van der Waals surface area contributed by atoms with Crippen molar-refractivity contribution in [2.45, 2.75) is 13.7 Å². The van der Waals surface area contributed by atoms with Gasteiger partial charge in [0.15, 0.2) is 0 Å². The molecule has 0 unspecified atom stereocenters. The van der Waals surface area contributed by atoms with E-state index in [1.807, 2.05) is 0 Å². The quantitative estimate of drug-likeness (QED) is 0.502. The van der Waals surface area contributed by atoms with Gasteiger partial charge in [0.2, 0.25) is 0 Å². The predicted octanol–water partition coefficient (Wildman–Crippen LogP) is 1.70. The van der Waals surface area contributed by atoms with E-state index in [1.165, 1.54) is 0 Å². The number of nitrogens with zero attached hydrogens (tertiary/aromatic N) is 1. The van der Waals surface area contributed by atoms with Gasteiger partial charge in [-0.25, -0.2) is 0 Å². The number of rotatable bonds is 0. The van der Waals surface area contributed by atoms with Crippen molar-refractivity contribution in [3.05, 3.63) is 29.5 Å². The summed E-state index contributed by atoms with van der Waals surface area (Å²) in [5, 5.41) is 0. The molecule has 8 heavy (non-hydrogen) atoms. The van der Waals surface area contributed by atoms with E-state index < -0.39 is 43.2 Å². The molecule has 0 saturated heterocycles. The average Bonchev–Trinajstić information content (AvgIpc) is 2.09. The third kappa shape index (κ3) is 0.861. The van der Waals surface area contributed by atoms with Crippen molar-refractivity contribution in [2.24, 2.45) is 0 Å². The molecule has 0 spiro atoms. The fourth-order valence-electron chi connectivity index (χ4n) is 0.289. The summed E-state index contributed by atoms with van der Waals surface area (Å²) >= 11 is 0. The van der Waals surface area contributed by atoms with Crippen LogP contribution in [0.3, 0.4) is 0 Å². The molecule has 0 aliphatic carbocycles. The van der Waals surface area contributed by atoms with Crippen LogP contribution in [-0.2, 0) is 0 Å². The molecule has 0 aliphatic rings. The van der Waals surface area contributed by atoms with Gasteiger partial charge in [-0.1, -0.05) is 6.04 Å². The summed E-state index contributed by atoms with van der Waals surface area (Å²) in [4.78, 5) is 3.31. The Kier molecular flexibility index (Phi) is 0.253. The minimum atomic E-state index is -2.85. The van der Waals surface area contributed by atoms with Gasteiger partial charge >= 0.3 is 0 Å². The molecule has 1 heterocycles. The van der Waals surface area contributed by atoms with Crippen molar-refractivity contribution in [1.29, 1.82) is 0 Å². The normalized spacial score (nSPS) is 28.8. The summed E-state index contributed by atoms with van der Waals surface area (Å²) in [5.74, 6) is 0. The molecule has 0 amide bonds. The first-order chi connectivity index (χ1) is 7.46. The van der Waals surface area contributed by atoms with E-state index in [0.29, 0.717) is 0 Å². The van der Waals surface area contributed by atoms with Crippen LogP contribution in [0, 0.1) is 13.7 Å². The molecule has 0 fully saturated rings. The topological polar surface area (TPSA) is 12.9 Å². The minimum absolute atomic E-state index is 0.691. The third-order valence-electron chi connectivity index (χ3n) is 0.648. The summed E-state index contributed by atoms with van der Waals surface area (Å²) < 4.78 is 65.0. The fourth-order valence-corrected chi connectivity index (χ4v) is 0.289. The lowest BCUT2D eigenvalue weighted by atomic mass is 10.2. The molecule has 0 radical (unpaired) electrons. The summed E-state index contributed by atoms with van der Waals surface area (Å²) in [6.07, 6.45) is -0.714. The zero-order valence-corrected chi connectivity index (χ0v) is 3.95. The highest BCUT2D eigenvalue weighted by Crippen LogP contribution is 1.98. The number of aryl methyl sites for hydroxylation is 1. The van der Waals surface area contributed by atoms with E-state index in [9.17, 15) is 0 Å². The van der Waals surface area contributed by atoms with Crippen LogP contribution in [0.5, 0.6) is 0 Å². The van der Waals surface area contributed by atoms with Crippen LogP contribution in [0.4, 0.5) is 0 Å². The second-order valence-corrected chi connectivity index (χ2v) is 1.20. The van der Waals surface area contributed by atoms with Crippen LogP contribution < -0.4 is 0 Å². The highest BCUT2D eigenvalue weighted by atomic mass is 14.6. The van der Waals surface area contributed by atoms with Crippen LogP contribution in [0.1, 0.15) is 23.6 Å². The van der Waals surface area contributed by atoms with Gasteiger partial charge in [-0.15, -0.1) is 0 Å². The molecule has 0 aromatic carbocycles. The van der Waals surface area contributed by atoms with Gasteiger partial charge in [0.1, 0.15) is 0 Å². The molecular formula is C7H9N. The van der Waals surface area contributed by atoms with E-state index in [0.717, 1.165) is 0 Å². The van der Waals surface area contributed by atoms with Gasteiger partial charge in [-0.2, -0.15) is 0 Å². The van der Waals surface area contributed by atoms with Crippen LogP contribution >= 0.6 is 0 Å². The Labute approximate surface area is 62.0 Å². The number of hydrogen-bond acceptors (Lipinski definition) is 1. The maximum Gasteiger partial charge on any atom is 0.0840 e. The second-order valence-electron chi connectivity index (χ2n) is 1.20. The van der Waals surface area contributed by atoms with Crippen molar-refractivity contribution in [3.63, 3.8) is 0 Å². The lowest BCUT2D eigenvalue weighted by Crippen LogP contribution is -1.81. The molecule has 0 aliphatic heterocycles. The highest BCUT2D eigenvalue weighted by Gasteiger charge is 1.85. The van der Waals surface area contributed by atoms with Crippen molar-refractivity contribution in [1.82, 2.24) is 4.98 Å². The van der Waals surface area contributed by atoms with Gasteiger partial charge in [-0.05, 0) is 25.3 Å². The second kappa shape index (κ2) is 1.95. The molecule has 1 heteroatoms.